The monoisotopic (exact) mass is 315 g/mol. The zero-order valence-corrected chi connectivity index (χ0v) is 12.9. The van der Waals surface area contributed by atoms with E-state index in [1.54, 1.807) is 29.5 Å². The molecule has 0 bridgehead atoms. The number of halogens is 2. The van der Waals surface area contributed by atoms with Gasteiger partial charge in [-0.15, -0.1) is 11.3 Å². The maximum absolute atomic E-state index is 6.01. The highest BCUT2D eigenvalue weighted by Gasteiger charge is 2.05. The van der Waals surface area contributed by atoms with Crippen LogP contribution in [-0.4, -0.2) is 13.2 Å². The lowest BCUT2D eigenvalue weighted by molar-refractivity contribution is 0.314. The van der Waals surface area contributed by atoms with Gasteiger partial charge in [-0.3, -0.25) is 0 Å². The van der Waals surface area contributed by atoms with Gasteiger partial charge in [0.1, 0.15) is 6.61 Å². The third-order valence-corrected chi connectivity index (χ3v) is 4.14. The van der Waals surface area contributed by atoms with Crippen molar-refractivity contribution in [3.05, 3.63) is 50.1 Å². The molecule has 1 aromatic heterocycles. The van der Waals surface area contributed by atoms with E-state index >= 15 is 0 Å². The lowest BCUT2D eigenvalue weighted by Crippen LogP contribution is -2.20. The fourth-order valence-corrected chi connectivity index (χ4v) is 3.00. The van der Waals surface area contributed by atoms with Crippen molar-refractivity contribution < 1.29 is 4.74 Å². The van der Waals surface area contributed by atoms with Gasteiger partial charge in [0.25, 0.3) is 0 Å². The van der Waals surface area contributed by atoms with Crippen LogP contribution in [0.3, 0.4) is 0 Å². The predicted molar refractivity (Wildman–Crippen MR) is 82.7 cm³/mol. The van der Waals surface area contributed by atoms with E-state index in [0.29, 0.717) is 22.4 Å². The van der Waals surface area contributed by atoms with Gasteiger partial charge in [-0.05, 0) is 31.2 Å². The van der Waals surface area contributed by atoms with Crippen LogP contribution in [0.2, 0.25) is 10.0 Å². The second kappa shape index (κ2) is 7.15. The van der Waals surface area contributed by atoms with Crippen molar-refractivity contribution in [1.29, 1.82) is 0 Å². The van der Waals surface area contributed by atoms with Gasteiger partial charge >= 0.3 is 0 Å². The first kappa shape index (κ1) is 14.7. The van der Waals surface area contributed by atoms with Crippen LogP contribution in [0.5, 0.6) is 5.75 Å². The molecule has 0 saturated carbocycles. The van der Waals surface area contributed by atoms with E-state index in [0.717, 1.165) is 13.1 Å². The molecule has 19 heavy (non-hydrogen) atoms. The minimum atomic E-state index is 0.536. The first-order valence-corrected chi connectivity index (χ1v) is 7.57. The number of hydrogen-bond donors (Lipinski definition) is 1. The van der Waals surface area contributed by atoms with Crippen LogP contribution in [0.1, 0.15) is 9.75 Å². The summed E-state index contributed by atoms with van der Waals surface area (Å²) in [5, 5.41) is 4.41. The van der Waals surface area contributed by atoms with Crippen molar-refractivity contribution >= 4 is 34.5 Å². The van der Waals surface area contributed by atoms with Crippen molar-refractivity contribution in [3.63, 3.8) is 0 Å². The molecular weight excluding hydrogens is 301 g/mol. The molecule has 2 nitrogen and oxygen atoms in total. The minimum Gasteiger partial charge on any atom is -0.489 e. The molecule has 1 N–H and O–H groups in total. The van der Waals surface area contributed by atoms with E-state index in [-0.39, 0.29) is 0 Å². The molecule has 102 valence electrons. The third-order valence-electron chi connectivity index (χ3n) is 2.54. The van der Waals surface area contributed by atoms with Crippen LogP contribution >= 0.6 is 34.5 Å². The molecule has 0 amide bonds. The van der Waals surface area contributed by atoms with E-state index in [2.05, 4.69) is 24.4 Å². The molecule has 0 aliphatic rings. The van der Waals surface area contributed by atoms with Gasteiger partial charge < -0.3 is 10.1 Å². The first-order valence-electron chi connectivity index (χ1n) is 5.99. The van der Waals surface area contributed by atoms with Crippen LogP contribution in [-0.2, 0) is 6.54 Å². The van der Waals surface area contributed by atoms with Gasteiger partial charge in [-0.2, -0.15) is 0 Å². The molecule has 0 fully saturated rings. The normalized spacial score (nSPS) is 10.7. The Labute approximate surface area is 127 Å². The smallest absolute Gasteiger partial charge is 0.156 e. The maximum atomic E-state index is 6.01. The zero-order valence-electron chi connectivity index (χ0n) is 10.6. The lowest BCUT2D eigenvalue weighted by Gasteiger charge is -2.10. The summed E-state index contributed by atoms with van der Waals surface area (Å²) < 4.78 is 5.59. The molecule has 0 aliphatic carbocycles. The van der Waals surface area contributed by atoms with Gasteiger partial charge in [0.2, 0.25) is 0 Å². The molecule has 2 aromatic rings. The Morgan fingerprint density at radius 1 is 1.16 bits per heavy atom. The molecule has 0 saturated heterocycles. The third kappa shape index (κ3) is 4.39. The topological polar surface area (TPSA) is 21.3 Å². The number of benzene rings is 1. The summed E-state index contributed by atoms with van der Waals surface area (Å²) >= 11 is 13.8. The summed E-state index contributed by atoms with van der Waals surface area (Å²) in [7, 11) is 0. The lowest BCUT2D eigenvalue weighted by atomic mass is 10.3. The Balaban J connectivity index is 1.72. The number of ether oxygens (including phenoxy) is 1. The van der Waals surface area contributed by atoms with Gasteiger partial charge in [0.05, 0.1) is 10.0 Å². The van der Waals surface area contributed by atoms with Crippen LogP contribution in [0.15, 0.2) is 30.3 Å². The minimum absolute atomic E-state index is 0.536. The molecule has 0 unspecified atom stereocenters. The first-order chi connectivity index (χ1) is 9.16. The molecule has 1 heterocycles. The van der Waals surface area contributed by atoms with Crippen molar-refractivity contribution in [2.75, 3.05) is 13.2 Å². The summed E-state index contributed by atoms with van der Waals surface area (Å²) in [5.41, 5.74) is 0. The molecule has 0 aliphatic heterocycles. The number of nitrogens with one attached hydrogen (secondary N) is 1. The van der Waals surface area contributed by atoms with E-state index in [1.807, 2.05) is 0 Å². The summed E-state index contributed by atoms with van der Waals surface area (Å²) in [4.78, 5) is 2.66. The van der Waals surface area contributed by atoms with Crippen LogP contribution in [0, 0.1) is 6.92 Å². The van der Waals surface area contributed by atoms with Gasteiger partial charge in [-0.25, -0.2) is 0 Å². The molecule has 5 heteroatoms. The second-order valence-electron chi connectivity index (χ2n) is 4.09. The summed E-state index contributed by atoms with van der Waals surface area (Å²) in [5.74, 6) is 0.555. The Morgan fingerprint density at radius 2 is 1.89 bits per heavy atom. The average molecular weight is 316 g/mol. The Hall–Kier alpha value is -0.740. The fraction of sp³-hybridized carbons (Fsp3) is 0.286. The number of para-hydroxylation sites is 1. The Morgan fingerprint density at radius 3 is 2.53 bits per heavy atom. The maximum Gasteiger partial charge on any atom is 0.156 e. The Bertz CT molecular complexity index is 522. The molecule has 0 atom stereocenters. The van der Waals surface area contributed by atoms with E-state index in [4.69, 9.17) is 27.9 Å². The van der Waals surface area contributed by atoms with E-state index < -0.39 is 0 Å². The largest absolute Gasteiger partial charge is 0.489 e. The van der Waals surface area contributed by atoms with Gasteiger partial charge in [0.15, 0.2) is 5.75 Å². The SMILES string of the molecule is Cc1ccc(CNCCOc2c(Cl)cccc2Cl)s1. The summed E-state index contributed by atoms with van der Waals surface area (Å²) in [6, 6.07) is 9.60. The average Bonchev–Trinajstić information content (AvgIpc) is 2.78. The van der Waals surface area contributed by atoms with Gasteiger partial charge in [0, 0.05) is 22.8 Å². The number of hydrogen-bond acceptors (Lipinski definition) is 3. The van der Waals surface area contributed by atoms with Crippen LogP contribution in [0.25, 0.3) is 0 Å². The number of rotatable bonds is 6. The number of thiophene rings is 1. The number of aryl methyl sites for hydroxylation is 1. The van der Waals surface area contributed by atoms with E-state index in [1.165, 1.54) is 9.75 Å². The van der Waals surface area contributed by atoms with Crippen molar-refractivity contribution in [3.8, 4) is 5.75 Å². The van der Waals surface area contributed by atoms with Gasteiger partial charge in [-0.1, -0.05) is 29.3 Å². The Kier molecular flexibility index (Phi) is 5.52. The second-order valence-corrected chi connectivity index (χ2v) is 6.28. The highest BCUT2D eigenvalue weighted by atomic mass is 35.5. The summed E-state index contributed by atoms with van der Waals surface area (Å²) in [6.45, 7) is 4.25. The van der Waals surface area contributed by atoms with Crippen LogP contribution in [0.4, 0.5) is 0 Å². The summed E-state index contributed by atoms with van der Waals surface area (Å²) in [6.07, 6.45) is 0. The molecule has 0 radical (unpaired) electrons. The molecule has 1 aromatic carbocycles. The molecular formula is C14H15Cl2NOS. The quantitative estimate of drug-likeness (QED) is 0.791. The van der Waals surface area contributed by atoms with Crippen molar-refractivity contribution in [1.82, 2.24) is 5.32 Å². The van der Waals surface area contributed by atoms with Crippen molar-refractivity contribution in [2.45, 2.75) is 13.5 Å². The zero-order chi connectivity index (χ0) is 13.7. The highest BCUT2D eigenvalue weighted by molar-refractivity contribution is 7.11. The molecule has 2 rings (SSSR count). The standard InChI is InChI=1S/C14H15Cl2NOS/c1-10-5-6-11(19-10)9-17-7-8-18-14-12(15)3-2-4-13(14)16/h2-6,17H,7-9H2,1H3. The fourth-order valence-electron chi connectivity index (χ4n) is 1.64. The van der Waals surface area contributed by atoms with Crippen molar-refractivity contribution in [2.24, 2.45) is 0 Å². The highest BCUT2D eigenvalue weighted by Crippen LogP contribution is 2.32. The van der Waals surface area contributed by atoms with E-state index in [9.17, 15) is 0 Å². The predicted octanol–water partition coefficient (Wildman–Crippen LogP) is 4.53. The van der Waals surface area contributed by atoms with Crippen LogP contribution < -0.4 is 10.1 Å². The molecule has 0 spiro atoms.